The molecule has 2 heterocycles. The van der Waals surface area contributed by atoms with Gasteiger partial charge in [-0.2, -0.15) is 0 Å². The minimum atomic E-state index is -0.510. The maximum absolute atomic E-state index is 12.9. The van der Waals surface area contributed by atoms with Gasteiger partial charge in [0.25, 0.3) is 5.56 Å². The third-order valence-corrected chi connectivity index (χ3v) is 6.43. The molecule has 1 saturated heterocycles. The number of carbonyl (C=O) groups is 2. The lowest BCUT2D eigenvalue weighted by Crippen LogP contribution is -2.53. The molecule has 2 unspecified atom stereocenters. The van der Waals surface area contributed by atoms with Gasteiger partial charge in [-0.3, -0.25) is 14.2 Å². The highest BCUT2D eigenvalue weighted by Gasteiger charge is 2.36. The molecule has 1 aliphatic rings. The van der Waals surface area contributed by atoms with Crippen molar-refractivity contribution in [3.05, 3.63) is 51.0 Å². The Balaban J connectivity index is 1.79. The number of likely N-dealkylation sites (tertiary alicyclic amines) is 1. The van der Waals surface area contributed by atoms with Crippen molar-refractivity contribution in [2.24, 2.45) is 0 Å². The number of rotatable bonds is 7. The smallest absolute Gasteiger partial charge is 0.410 e. The minimum absolute atomic E-state index is 0.0350. The molecule has 166 valence electrons. The first-order valence-electron chi connectivity index (χ1n) is 9.78. The van der Waals surface area contributed by atoms with Gasteiger partial charge in [-0.15, -0.1) is 0 Å². The average Bonchev–Trinajstić information content (AvgIpc) is 2.75. The summed E-state index contributed by atoms with van der Waals surface area (Å²) < 4.78 is 12.6. The number of nitrogens with zero attached hydrogens (tertiary/aromatic N) is 3. The quantitative estimate of drug-likeness (QED) is 0.527. The summed E-state index contributed by atoms with van der Waals surface area (Å²) in [6, 6.07) is 2.71. The second-order valence-electron chi connectivity index (χ2n) is 7.25. The summed E-state index contributed by atoms with van der Waals surface area (Å²) in [6.45, 7) is 3.93. The van der Waals surface area contributed by atoms with E-state index < -0.39 is 12.1 Å². The molecule has 2 aromatic rings. The number of halogens is 2. The number of Topliss-reactive ketones (excluding diaryl/α,β-unsaturated/α-hetero) is 1. The fraction of sp³-hybridized carbons (Fsp3) is 0.429. The highest BCUT2D eigenvalue weighted by molar-refractivity contribution is 9.10. The number of amides is 1. The van der Waals surface area contributed by atoms with Crippen LogP contribution < -0.4 is 5.56 Å². The van der Waals surface area contributed by atoms with Crippen LogP contribution in [-0.4, -0.2) is 58.7 Å². The lowest BCUT2D eigenvalue weighted by atomic mass is 9.94. The summed E-state index contributed by atoms with van der Waals surface area (Å²) in [5.74, 6) is -0.220. The van der Waals surface area contributed by atoms with Crippen LogP contribution in [0.15, 0.2) is 40.4 Å². The molecule has 0 bridgehead atoms. The van der Waals surface area contributed by atoms with Crippen LogP contribution in [0.4, 0.5) is 4.79 Å². The predicted molar refractivity (Wildman–Crippen MR) is 120 cm³/mol. The van der Waals surface area contributed by atoms with Gasteiger partial charge in [-0.05, 0) is 40.9 Å². The number of fused-ring (bicyclic) bond motifs is 1. The highest BCUT2D eigenvalue weighted by atomic mass is 79.9. The van der Waals surface area contributed by atoms with Crippen LogP contribution in [0, 0.1) is 0 Å². The van der Waals surface area contributed by atoms with Gasteiger partial charge >= 0.3 is 6.09 Å². The van der Waals surface area contributed by atoms with Crippen LogP contribution in [0.5, 0.6) is 0 Å². The molecular formula is C21H23BrClN3O5. The fourth-order valence-corrected chi connectivity index (χ4v) is 4.23. The monoisotopic (exact) mass is 511 g/mol. The van der Waals surface area contributed by atoms with Gasteiger partial charge in [-0.1, -0.05) is 24.3 Å². The van der Waals surface area contributed by atoms with Gasteiger partial charge in [-0.25, -0.2) is 9.78 Å². The fourth-order valence-electron chi connectivity index (χ4n) is 3.73. The topological polar surface area (TPSA) is 90.7 Å². The molecule has 1 amide bonds. The number of piperidine rings is 1. The minimum Gasteiger partial charge on any atom is -0.445 e. The Morgan fingerprint density at radius 1 is 1.42 bits per heavy atom. The van der Waals surface area contributed by atoms with Crippen LogP contribution in [-0.2, 0) is 20.8 Å². The number of carbonyl (C=O) groups excluding carboxylic acids is 2. The molecule has 2 atom stereocenters. The Bertz CT molecular complexity index is 1060. The normalized spacial score (nSPS) is 18.7. The van der Waals surface area contributed by atoms with Crippen molar-refractivity contribution < 1.29 is 19.1 Å². The summed E-state index contributed by atoms with van der Waals surface area (Å²) in [5, 5.41) is 0.708. The van der Waals surface area contributed by atoms with E-state index in [0.29, 0.717) is 26.9 Å². The van der Waals surface area contributed by atoms with Crippen LogP contribution in [0.3, 0.4) is 0 Å². The highest BCUT2D eigenvalue weighted by Crippen LogP contribution is 2.26. The molecule has 1 aromatic heterocycles. The third-order valence-electron chi connectivity index (χ3n) is 5.23. The van der Waals surface area contributed by atoms with Gasteiger partial charge in [0.2, 0.25) is 0 Å². The molecule has 1 fully saturated rings. The number of benzene rings is 1. The number of hydrogen-bond donors (Lipinski definition) is 0. The summed E-state index contributed by atoms with van der Waals surface area (Å²) in [6.07, 6.45) is 3.53. The van der Waals surface area contributed by atoms with Crippen molar-refractivity contribution in [3.63, 3.8) is 0 Å². The average molecular weight is 513 g/mol. The van der Waals surface area contributed by atoms with Crippen molar-refractivity contribution in [2.45, 2.75) is 38.0 Å². The van der Waals surface area contributed by atoms with Gasteiger partial charge in [0, 0.05) is 24.5 Å². The van der Waals surface area contributed by atoms with E-state index >= 15 is 0 Å². The second kappa shape index (κ2) is 10.4. The summed E-state index contributed by atoms with van der Waals surface area (Å²) in [4.78, 5) is 43.9. The zero-order valence-corrected chi connectivity index (χ0v) is 19.4. The molecule has 0 aliphatic carbocycles. The molecule has 0 saturated carbocycles. The van der Waals surface area contributed by atoms with E-state index in [1.165, 1.54) is 27.9 Å². The summed E-state index contributed by atoms with van der Waals surface area (Å²) >= 11 is 9.41. The van der Waals surface area contributed by atoms with Crippen LogP contribution >= 0.6 is 27.5 Å². The van der Waals surface area contributed by atoms with E-state index in [0.717, 1.165) is 12.8 Å². The lowest BCUT2D eigenvalue weighted by molar-refractivity contribution is -0.122. The first-order valence-corrected chi connectivity index (χ1v) is 11.0. The largest absolute Gasteiger partial charge is 0.445 e. The Kier molecular flexibility index (Phi) is 7.85. The Morgan fingerprint density at radius 3 is 2.90 bits per heavy atom. The molecule has 3 rings (SSSR count). The lowest BCUT2D eigenvalue weighted by Gasteiger charge is -2.39. The molecule has 0 N–H and O–H groups in total. The van der Waals surface area contributed by atoms with Crippen molar-refractivity contribution >= 4 is 50.3 Å². The standard InChI is InChI=1S/C21H23BrClN3O5/c1-3-7-31-21(29)26-6-4-5-19(30-2)18(26)8-13(27)11-25-12-24-17-10-15(22)16(23)9-14(17)20(25)28/h3,9-10,12,18-19H,1,4-8,11H2,2H3. The third kappa shape index (κ3) is 5.34. The van der Waals surface area contributed by atoms with Crippen LogP contribution in [0.1, 0.15) is 19.3 Å². The van der Waals surface area contributed by atoms with E-state index in [1.807, 2.05) is 0 Å². The molecule has 8 nitrogen and oxygen atoms in total. The van der Waals surface area contributed by atoms with Gasteiger partial charge < -0.3 is 14.4 Å². The zero-order chi connectivity index (χ0) is 22.5. The van der Waals surface area contributed by atoms with E-state index in [-0.39, 0.29) is 37.0 Å². The van der Waals surface area contributed by atoms with Crippen molar-refractivity contribution in [2.75, 3.05) is 20.3 Å². The molecule has 0 radical (unpaired) electrons. The molecular weight excluding hydrogens is 490 g/mol. The number of ketones is 1. The van der Waals surface area contributed by atoms with E-state index in [4.69, 9.17) is 21.1 Å². The van der Waals surface area contributed by atoms with E-state index in [2.05, 4.69) is 27.5 Å². The molecule has 10 heteroatoms. The first-order chi connectivity index (χ1) is 14.8. The number of ether oxygens (including phenoxy) is 2. The van der Waals surface area contributed by atoms with Gasteiger partial charge in [0.1, 0.15) is 6.61 Å². The van der Waals surface area contributed by atoms with Crippen molar-refractivity contribution in [1.82, 2.24) is 14.5 Å². The Hall–Kier alpha value is -2.23. The molecule has 31 heavy (non-hydrogen) atoms. The molecule has 0 spiro atoms. The predicted octanol–water partition coefficient (Wildman–Crippen LogP) is 3.57. The second-order valence-corrected chi connectivity index (χ2v) is 8.51. The summed E-state index contributed by atoms with van der Waals surface area (Å²) in [7, 11) is 1.56. The van der Waals surface area contributed by atoms with Crippen LogP contribution in [0.2, 0.25) is 5.02 Å². The maximum atomic E-state index is 12.9. The van der Waals surface area contributed by atoms with E-state index in [1.54, 1.807) is 13.2 Å². The number of hydrogen-bond acceptors (Lipinski definition) is 6. The van der Waals surface area contributed by atoms with Gasteiger partial charge in [0.05, 0.1) is 40.9 Å². The molecule has 1 aliphatic heterocycles. The van der Waals surface area contributed by atoms with Crippen molar-refractivity contribution in [3.8, 4) is 0 Å². The number of methoxy groups -OCH3 is 1. The Morgan fingerprint density at radius 2 is 2.19 bits per heavy atom. The number of aromatic nitrogens is 2. The molecule has 1 aromatic carbocycles. The summed E-state index contributed by atoms with van der Waals surface area (Å²) in [5.41, 5.74) is 0.120. The SMILES string of the molecule is C=CCOC(=O)N1CCCC(OC)C1CC(=O)Cn1cnc2cc(Br)c(Cl)cc2c1=O. The van der Waals surface area contributed by atoms with Crippen LogP contribution in [0.25, 0.3) is 10.9 Å². The van der Waals surface area contributed by atoms with Gasteiger partial charge in [0.15, 0.2) is 5.78 Å². The maximum Gasteiger partial charge on any atom is 0.410 e. The van der Waals surface area contributed by atoms with E-state index in [9.17, 15) is 14.4 Å². The zero-order valence-electron chi connectivity index (χ0n) is 17.1. The Labute approximate surface area is 192 Å². The first kappa shape index (κ1) is 23.4. The van der Waals surface area contributed by atoms with Crippen molar-refractivity contribution in [1.29, 1.82) is 0 Å².